The van der Waals surface area contributed by atoms with Crippen molar-refractivity contribution < 1.29 is 4.79 Å². The molecule has 25 heavy (non-hydrogen) atoms. The fourth-order valence-electron chi connectivity index (χ4n) is 2.40. The highest BCUT2D eigenvalue weighted by Gasteiger charge is 2.12. The highest BCUT2D eigenvalue weighted by Crippen LogP contribution is 2.24. The highest BCUT2D eigenvalue weighted by molar-refractivity contribution is 7.98. The van der Waals surface area contributed by atoms with E-state index in [-0.39, 0.29) is 5.91 Å². The van der Waals surface area contributed by atoms with E-state index in [0.29, 0.717) is 5.56 Å². The maximum Gasteiger partial charge on any atom is 0.258 e. The van der Waals surface area contributed by atoms with Gasteiger partial charge in [0.2, 0.25) is 0 Å². The summed E-state index contributed by atoms with van der Waals surface area (Å²) in [5.41, 5.74) is 2.75. The van der Waals surface area contributed by atoms with Gasteiger partial charge < -0.3 is 4.90 Å². The zero-order valence-electron chi connectivity index (χ0n) is 13.9. The summed E-state index contributed by atoms with van der Waals surface area (Å²) in [5, 5.41) is 0.745. The van der Waals surface area contributed by atoms with E-state index in [1.54, 1.807) is 23.7 Å². The second-order valence-corrected chi connectivity index (χ2v) is 7.12. The van der Waals surface area contributed by atoms with Crippen LogP contribution in [0.1, 0.15) is 15.9 Å². The molecule has 0 radical (unpaired) electrons. The minimum Gasteiger partial charge on any atom is -0.311 e. The minimum atomic E-state index is -0.0110. The molecule has 0 heterocycles. The number of carbonyl (C=O) groups is 1. The van der Waals surface area contributed by atoms with Gasteiger partial charge in [0, 0.05) is 34.0 Å². The molecule has 0 aromatic heterocycles. The fourth-order valence-corrected chi connectivity index (χ4v) is 3.38. The molecular weight excluding hydrogens is 350 g/mol. The van der Waals surface area contributed by atoms with Gasteiger partial charge in [0.15, 0.2) is 0 Å². The quantitative estimate of drug-likeness (QED) is 0.522. The van der Waals surface area contributed by atoms with Crippen LogP contribution in [0.15, 0.2) is 83.8 Å². The third-order valence-corrected chi connectivity index (χ3v) is 5.20. The van der Waals surface area contributed by atoms with Gasteiger partial charge >= 0.3 is 0 Å². The number of nitrogens with zero attached hydrogens (tertiary/aromatic N) is 1. The molecule has 2 nitrogen and oxygen atoms in total. The number of benzene rings is 3. The molecule has 0 aliphatic rings. The normalized spacial score (nSPS) is 10.5. The lowest BCUT2D eigenvalue weighted by molar-refractivity contribution is 0.0993. The van der Waals surface area contributed by atoms with E-state index in [1.807, 2.05) is 78.9 Å². The molecular formula is C21H18ClNOS. The number of hydrogen-bond acceptors (Lipinski definition) is 2. The van der Waals surface area contributed by atoms with Crippen LogP contribution in [0.2, 0.25) is 5.02 Å². The summed E-state index contributed by atoms with van der Waals surface area (Å²) in [6.07, 6.45) is 0. The fraction of sp³-hybridized carbons (Fsp3) is 0.0952. The van der Waals surface area contributed by atoms with Gasteiger partial charge in [-0.1, -0.05) is 41.9 Å². The molecule has 3 aromatic rings. The van der Waals surface area contributed by atoms with Crippen molar-refractivity contribution in [1.29, 1.82) is 0 Å². The summed E-state index contributed by atoms with van der Waals surface area (Å²) < 4.78 is 0. The van der Waals surface area contributed by atoms with E-state index >= 15 is 0 Å². The second-order valence-electron chi connectivity index (χ2n) is 5.64. The summed E-state index contributed by atoms with van der Waals surface area (Å²) in [4.78, 5) is 15.4. The number of halogens is 1. The summed E-state index contributed by atoms with van der Waals surface area (Å²) in [6.45, 7) is 0. The Morgan fingerprint density at radius 2 is 1.56 bits per heavy atom. The molecule has 0 saturated carbocycles. The van der Waals surface area contributed by atoms with Crippen LogP contribution in [0.5, 0.6) is 0 Å². The molecule has 126 valence electrons. The average Bonchev–Trinajstić information content (AvgIpc) is 2.67. The molecule has 0 aliphatic carbocycles. The number of amides is 1. The number of hydrogen-bond donors (Lipinski definition) is 0. The van der Waals surface area contributed by atoms with E-state index in [0.717, 1.165) is 16.5 Å². The molecule has 3 rings (SSSR count). The second kappa shape index (κ2) is 8.24. The Balaban J connectivity index is 1.63. The van der Waals surface area contributed by atoms with Crippen molar-refractivity contribution in [3.63, 3.8) is 0 Å². The van der Waals surface area contributed by atoms with Crippen molar-refractivity contribution in [2.24, 2.45) is 0 Å². The van der Waals surface area contributed by atoms with Crippen molar-refractivity contribution in [2.75, 3.05) is 11.9 Å². The number of carbonyl (C=O) groups excluding carboxylic acids is 1. The van der Waals surface area contributed by atoms with Crippen LogP contribution in [0, 0.1) is 0 Å². The van der Waals surface area contributed by atoms with Crippen LogP contribution in [0.3, 0.4) is 0 Å². The summed E-state index contributed by atoms with van der Waals surface area (Å²) in [7, 11) is 1.79. The number of anilines is 1. The topological polar surface area (TPSA) is 20.3 Å². The molecule has 0 aliphatic heterocycles. The number of rotatable bonds is 5. The molecule has 3 aromatic carbocycles. The van der Waals surface area contributed by atoms with Gasteiger partial charge in [-0.25, -0.2) is 0 Å². The third-order valence-electron chi connectivity index (χ3n) is 3.87. The Hall–Kier alpha value is -2.23. The van der Waals surface area contributed by atoms with E-state index in [1.165, 1.54) is 10.5 Å². The Labute approximate surface area is 157 Å². The third kappa shape index (κ3) is 4.65. The maximum atomic E-state index is 12.6. The van der Waals surface area contributed by atoms with E-state index in [4.69, 9.17) is 11.6 Å². The van der Waals surface area contributed by atoms with Crippen LogP contribution >= 0.6 is 23.4 Å². The monoisotopic (exact) mass is 367 g/mol. The lowest BCUT2D eigenvalue weighted by atomic mass is 10.1. The van der Waals surface area contributed by atoms with Crippen LogP contribution in [-0.2, 0) is 5.75 Å². The van der Waals surface area contributed by atoms with E-state index < -0.39 is 0 Å². The lowest BCUT2D eigenvalue weighted by Crippen LogP contribution is -2.26. The summed E-state index contributed by atoms with van der Waals surface area (Å²) in [5.74, 6) is 0.841. The molecule has 0 N–H and O–H groups in total. The first-order chi connectivity index (χ1) is 12.1. The van der Waals surface area contributed by atoms with Crippen molar-refractivity contribution >= 4 is 35.0 Å². The van der Waals surface area contributed by atoms with Gasteiger partial charge in [0.1, 0.15) is 0 Å². The van der Waals surface area contributed by atoms with E-state index in [2.05, 4.69) is 0 Å². The van der Waals surface area contributed by atoms with Crippen LogP contribution in [0.25, 0.3) is 0 Å². The molecule has 0 bridgehead atoms. The smallest absolute Gasteiger partial charge is 0.258 e. The zero-order chi connectivity index (χ0) is 17.6. The van der Waals surface area contributed by atoms with Crippen molar-refractivity contribution in [3.8, 4) is 0 Å². The molecule has 0 saturated heterocycles. The van der Waals surface area contributed by atoms with Gasteiger partial charge in [-0.15, -0.1) is 11.8 Å². The van der Waals surface area contributed by atoms with Gasteiger partial charge in [0.25, 0.3) is 5.91 Å². The predicted molar refractivity (Wildman–Crippen MR) is 107 cm³/mol. The Kier molecular flexibility index (Phi) is 5.79. The number of thioether (sulfide) groups is 1. The lowest BCUT2D eigenvalue weighted by Gasteiger charge is -2.17. The first-order valence-corrected chi connectivity index (χ1v) is 9.30. The summed E-state index contributed by atoms with van der Waals surface area (Å²) >= 11 is 7.65. The molecule has 0 fully saturated rings. The van der Waals surface area contributed by atoms with Gasteiger partial charge in [-0.3, -0.25) is 4.79 Å². The number of para-hydroxylation sites is 1. The predicted octanol–water partition coefficient (Wildman–Crippen LogP) is 5.91. The van der Waals surface area contributed by atoms with Gasteiger partial charge in [-0.05, 0) is 54.1 Å². The first kappa shape index (κ1) is 17.6. The average molecular weight is 368 g/mol. The largest absolute Gasteiger partial charge is 0.311 e. The molecule has 0 spiro atoms. The zero-order valence-corrected chi connectivity index (χ0v) is 15.4. The van der Waals surface area contributed by atoms with E-state index in [9.17, 15) is 4.79 Å². The molecule has 1 amide bonds. The Morgan fingerprint density at radius 3 is 2.20 bits per heavy atom. The van der Waals surface area contributed by atoms with Gasteiger partial charge in [-0.2, -0.15) is 0 Å². The minimum absolute atomic E-state index is 0.0110. The van der Waals surface area contributed by atoms with Crippen molar-refractivity contribution in [2.45, 2.75) is 10.6 Å². The summed E-state index contributed by atoms with van der Waals surface area (Å²) in [6, 6.07) is 25.3. The highest BCUT2D eigenvalue weighted by atomic mass is 35.5. The maximum absolute atomic E-state index is 12.6. The molecule has 0 atom stereocenters. The van der Waals surface area contributed by atoms with Gasteiger partial charge in [0.05, 0.1) is 0 Å². The Bertz CT molecular complexity index is 832. The van der Waals surface area contributed by atoms with Crippen LogP contribution in [-0.4, -0.2) is 13.0 Å². The van der Waals surface area contributed by atoms with Crippen molar-refractivity contribution in [1.82, 2.24) is 0 Å². The SMILES string of the molecule is CN(C(=O)c1ccc(CSc2ccc(Cl)cc2)cc1)c1ccccc1. The van der Waals surface area contributed by atoms with Crippen LogP contribution in [0.4, 0.5) is 5.69 Å². The standard InChI is InChI=1S/C21H18ClNOS/c1-23(19-5-3-2-4-6-19)21(24)17-9-7-16(8-10-17)15-25-20-13-11-18(22)12-14-20/h2-14H,15H2,1H3. The molecule has 4 heteroatoms. The first-order valence-electron chi connectivity index (χ1n) is 7.94. The van der Waals surface area contributed by atoms with Crippen LogP contribution < -0.4 is 4.90 Å². The Morgan fingerprint density at radius 1 is 0.920 bits per heavy atom. The van der Waals surface area contributed by atoms with Crippen molar-refractivity contribution in [3.05, 3.63) is 95.0 Å². The molecule has 0 unspecified atom stereocenters.